The van der Waals surface area contributed by atoms with Gasteiger partial charge in [-0.05, 0) is 30.9 Å². The Hall–Kier alpha value is -0.900. The van der Waals surface area contributed by atoms with Crippen LogP contribution in [0.15, 0.2) is 24.3 Å². The van der Waals surface area contributed by atoms with Gasteiger partial charge in [0, 0.05) is 19.1 Å². The van der Waals surface area contributed by atoms with Crippen LogP contribution in [0.1, 0.15) is 50.8 Å². The molecule has 0 aromatic heterocycles. The lowest BCUT2D eigenvalue weighted by Crippen LogP contribution is -2.47. The van der Waals surface area contributed by atoms with Gasteiger partial charge in [0.15, 0.2) is 0 Å². The number of rotatable bonds is 4. The molecule has 1 saturated heterocycles. The van der Waals surface area contributed by atoms with E-state index in [0.717, 1.165) is 18.7 Å². The first-order valence-corrected chi connectivity index (χ1v) is 7.62. The summed E-state index contributed by atoms with van der Waals surface area (Å²) in [5.41, 5.74) is 2.25. The van der Waals surface area contributed by atoms with E-state index < -0.39 is 6.10 Å². The molecular weight excluding hydrogens is 250 g/mol. The van der Waals surface area contributed by atoms with E-state index in [2.05, 4.69) is 44.7 Å². The Morgan fingerprint density at radius 2 is 1.70 bits per heavy atom. The average molecular weight is 277 g/mol. The third-order valence-corrected chi connectivity index (χ3v) is 4.15. The van der Waals surface area contributed by atoms with Crippen LogP contribution in [0, 0.1) is 0 Å². The van der Waals surface area contributed by atoms with Gasteiger partial charge in [-0.2, -0.15) is 0 Å². The quantitative estimate of drug-likeness (QED) is 0.918. The summed E-state index contributed by atoms with van der Waals surface area (Å²) in [4.78, 5) is 2.36. The van der Waals surface area contributed by atoms with Crippen LogP contribution in [0.3, 0.4) is 0 Å². The summed E-state index contributed by atoms with van der Waals surface area (Å²) in [6.45, 7) is 11.2. The third-order valence-electron chi connectivity index (χ3n) is 4.15. The largest absolute Gasteiger partial charge is 0.386 e. The predicted molar refractivity (Wildman–Crippen MR) is 81.9 cm³/mol. The van der Waals surface area contributed by atoms with Gasteiger partial charge >= 0.3 is 0 Å². The fourth-order valence-corrected chi connectivity index (χ4v) is 2.65. The highest BCUT2D eigenvalue weighted by Crippen LogP contribution is 2.25. The Morgan fingerprint density at radius 1 is 1.10 bits per heavy atom. The molecule has 1 aromatic rings. The standard InChI is InChI=1S/C17H27NO2/c1-12(2)14-5-7-15(8-6-14)17(19)16-11-18(13(3)4)9-10-20-16/h5-8,12-13,16-17,19H,9-11H2,1-4H3. The van der Waals surface area contributed by atoms with Crippen LogP contribution < -0.4 is 0 Å². The molecule has 0 aliphatic carbocycles. The number of ether oxygens (including phenoxy) is 1. The zero-order chi connectivity index (χ0) is 14.7. The van der Waals surface area contributed by atoms with Gasteiger partial charge in [-0.1, -0.05) is 38.1 Å². The molecule has 0 bridgehead atoms. The van der Waals surface area contributed by atoms with Crippen LogP contribution in [0.2, 0.25) is 0 Å². The molecule has 1 heterocycles. The normalized spacial score (nSPS) is 22.4. The van der Waals surface area contributed by atoms with E-state index in [4.69, 9.17) is 4.74 Å². The Kier molecular flexibility index (Phi) is 5.19. The summed E-state index contributed by atoms with van der Waals surface area (Å²) in [7, 11) is 0. The molecule has 0 spiro atoms. The van der Waals surface area contributed by atoms with Crippen LogP contribution >= 0.6 is 0 Å². The molecule has 0 saturated carbocycles. The number of aliphatic hydroxyl groups excluding tert-OH is 1. The summed E-state index contributed by atoms with van der Waals surface area (Å²) in [6.07, 6.45) is -0.672. The third kappa shape index (κ3) is 3.60. The fourth-order valence-electron chi connectivity index (χ4n) is 2.65. The SMILES string of the molecule is CC(C)c1ccc(C(O)C2CN(C(C)C)CCO2)cc1. The first kappa shape index (κ1) is 15.5. The highest BCUT2D eigenvalue weighted by molar-refractivity contribution is 5.26. The van der Waals surface area contributed by atoms with Gasteiger partial charge in [0.2, 0.25) is 0 Å². The summed E-state index contributed by atoms with van der Waals surface area (Å²) in [5, 5.41) is 10.5. The Balaban J connectivity index is 2.04. The van der Waals surface area contributed by atoms with Crippen LogP contribution in [0.5, 0.6) is 0 Å². The molecule has 2 rings (SSSR count). The monoisotopic (exact) mass is 277 g/mol. The summed E-state index contributed by atoms with van der Waals surface area (Å²) in [5.74, 6) is 0.517. The number of aliphatic hydroxyl groups is 1. The van der Waals surface area contributed by atoms with Crippen LogP contribution in [0.25, 0.3) is 0 Å². The van der Waals surface area contributed by atoms with Gasteiger partial charge in [0.05, 0.1) is 6.61 Å². The van der Waals surface area contributed by atoms with Gasteiger partial charge in [0.1, 0.15) is 12.2 Å². The number of morpholine rings is 1. The van der Waals surface area contributed by atoms with E-state index in [-0.39, 0.29) is 6.10 Å². The maximum absolute atomic E-state index is 10.5. The minimum Gasteiger partial charge on any atom is -0.386 e. The van der Waals surface area contributed by atoms with E-state index in [0.29, 0.717) is 18.6 Å². The fraction of sp³-hybridized carbons (Fsp3) is 0.647. The van der Waals surface area contributed by atoms with Crippen molar-refractivity contribution in [3.8, 4) is 0 Å². The Bertz CT molecular complexity index is 414. The molecule has 0 amide bonds. The highest BCUT2D eigenvalue weighted by atomic mass is 16.5. The van der Waals surface area contributed by atoms with Gasteiger partial charge in [-0.25, -0.2) is 0 Å². The first-order valence-electron chi connectivity index (χ1n) is 7.62. The van der Waals surface area contributed by atoms with E-state index >= 15 is 0 Å². The van der Waals surface area contributed by atoms with Crippen molar-refractivity contribution in [2.45, 2.75) is 51.9 Å². The second-order valence-electron chi connectivity index (χ2n) is 6.26. The number of benzene rings is 1. The van der Waals surface area contributed by atoms with Crippen LogP contribution in [0.4, 0.5) is 0 Å². The van der Waals surface area contributed by atoms with Crippen LogP contribution in [-0.4, -0.2) is 41.8 Å². The molecule has 1 aromatic carbocycles. The van der Waals surface area contributed by atoms with Crippen molar-refractivity contribution >= 4 is 0 Å². The average Bonchev–Trinajstić information content (AvgIpc) is 2.46. The number of hydrogen-bond acceptors (Lipinski definition) is 3. The minimum absolute atomic E-state index is 0.129. The molecule has 1 N–H and O–H groups in total. The van der Waals surface area contributed by atoms with Gasteiger partial charge in [-0.3, -0.25) is 4.90 Å². The Labute approximate surface area is 122 Å². The van der Waals surface area contributed by atoms with E-state index in [9.17, 15) is 5.11 Å². The molecule has 2 atom stereocenters. The highest BCUT2D eigenvalue weighted by Gasteiger charge is 2.28. The lowest BCUT2D eigenvalue weighted by Gasteiger charge is -2.37. The molecule has 3 heteroatoms. The summed E-state index contributed by atoms with van der Waals surface area (Å²) < 4.78 is 5.76. The summed E-state index contributed by atoms with van der Waals surface area (Å²) in [6, 6.07) is 8.75. The number of nitrogens with zero attached hydrogens (tertiary/aromatic N) is 1. The van der Waals surface area contributed by atoms with Crippen molar-refractivity contribution in [3.05, 3.63) is 35.4 Å². The van der Waals surface area contributed by atoms with Gasteiger partial charge < -0.3 is 9.84 Å². The van der Waals surface area contributed by atoms with Gasteiger partial charge in [-0.15, -0.1) is 0 Å². The second kappa shape index (κ2) is 6.70. The molecule has 1 aliphatic heterocycles. The number of hydrogen-bond donors (Lipinski definition) is 1. The molecule has 112 valence electrons. The minimum atomic E-state index is -0.544. The molecular formula is C17H27NO2. The topological polar surface area (TPSA) is 32.7 Å². The van der Waals surface area contributed by atoms with Crippen molar-refractivity contribution in [3.63, 3.8) is 0 Å². The second-order valence-corrected chi connectivity index (χ2v) is 6.26. The molecule has 1 aliphatic rings. The van der Waals surface area contributed by atoms with Crippen molar-refractivity contribution in [2.24, 2.45) is 0 Å². The smallest absolute Gasteiger partial charge is 0.106 e. The van der Waals surface area contributed by atoms with Crippen LogP contribution in [-0.2, 0) is 4.74 Å². The lowest BCUT2D eigenvalue weighted by molar-refractivity contribution is -0.0961. The Morgan fingerprint density at radius 3 is 2.25 bits per heavy atom. The molecule has 0 radical (unpaired) electrons. The van der Waals surface area contributed by atoms with Crippen molar-refractivity contribution in [1.82, 2.24) is 4.90 Å². The van der Waals surface area contributed by atoms with E-state index in [1.54, 1.807) is 0 Å². The lowest BCUT2D eigenvalue weighted by atomic mass is 9.97. The molecule has 2 unspecified atom stereocenters. The maximum atomic E-state index is 10.5. The zero-order valence-electron chi connectivity index (χ0n) is 13.0. The maximum Gasteiger partial charge on any atom is 0.106 e. The van der Waals surface area contributed by atoms with Crippen molar-refractivity contribution < 1.29 is 9.84 Å². The van der Waals surface area contributed by atoms with Gasteiger partial charge in [0.25, 0.3) is 0 Å². The molecule has 1 fully saturated rings. The van der Waals surface area contributed by atoms with Crippen molar-refractivity contribution in [2.75, 3.05) is 19.7 Å². The molecule has 20 heavy (non-hydrogen) atoms. The zero-order valence-corrected chi connectivity index (χ0v) is 13.0. The first-order chi connectivity index (χ1) is 9.49. The summed E-state index contributed by atoms with van der Waals surface area (Å²) >= 11 is 0. The van der Waals surface area contributed by atoms with E-state index in [1.165, 1.54) is 5.56 Å². The van der Waals surface area contributed by atoms with Crippen molar-refractivity contribution in [1.29, 1.82) is 0 Å². The predicted octanol–water partition coefficient (Wildman–Crippen LogP) is 2.95. The molecule has 3 nitrogen and oxygen atoms in total. The van der Waals surface area contributed by atoms with E-state index in [1.807, 2.05) is 12.1 Å².